The first-order chi connectivity index (χ1) is 6.26. The van der Waals surface area contributed by atoms with Crippen molar-refractivity contribution >= 4 is 23.3 Å². The average molecular weight is 196 g/mol. The molecule has 0 fully saturated rings. The van der Waals surface area contributed by atoms with Crippen LogP contribution in [0.3, 0.4) is 0 Å². The highest BCUT2D eigenvalue weighted by molar-refractivity contribution is 7.12. The number of nitrogens with two attached hydrogens (primary N) is 1. The predicted molar refractivity (Wildman–Crippen MR) is 55.1 cm³/mol. The molecule has 4 heteroatoms. The molecule has 0 saturated carbocycles. The van der Waals surface area contributed by atoms with Crippen LogP contribution in [-0.2, 0) is 11.2 Å². The van der Waals surface area contributed by atoms with Crippen LogP contribution in [0, 0.1) is 0 Å². The highest BCUT2D eigenvalue weighted by Crippen LogP contribution is 2.17. The van der Waals surface area contributed by atoms with Crippen LogP contribution < -0.4 is 11.3 Å². The van der Waals surface area contributed by atoms with Gasteiger partial charge < -0.3 is 0 Å². The van der Waals surface area contributed by atoms with Crippen LogP contribution in [0.25, 0.3) is 6.08 Å². The van der Waals surface area contributed by atoms with Gasteiger partial charge in [0.2, 0.25) is 0 Å². The molecular weight excluding hydrogens is 184 g/mol. The van der Waals surface area contributed by atoms with Gasteiger partial charge in [0.05, 0.1) is 0 Å². The summed E-state index contributed by atoms with van der Waals surface area (Å²) in [5, 5.41) is 0. The third-order valence-corrected chi connectivity index (χ3v) is 2.77. The molecule has 1 aromatic rings. The van der Waals surface area contributed by atoms with Gasteiger partial charge >= 0.3 is 0 Å². The second kappa shape index (κ2) is 4.79. The third-order valence-electron chi connectivity index (χ3n) is 1.57. The van der Waals surface area contributed by atoms with E-state index in [4.69, 9.17) is 5.84 Å². The number of amides is 1. The Balaban J connectivity index is 2.63. The maximum absolute atomic E-state index is 10.7. The highest BCUT2D eigenvalue weighted by atomic mass is 32.1. The molecule has 0 aliphatic rings. The Bertz CT molecular complexity index is 317. The van der Waals surface area contributed by atoms with Crippen molar-refractivity contribution in [1.82, 2.24) is 5.43 Å². The van der Waals surface area contributed by atoms with Crippen molar-refractivity contribution in [3.05, 3.63) is 28.0 Å². The standard InChI is InChI=1S/C9H12N2OS/c1-2-7-3-4-8(13-7)5-6-9(12)11-10/h3-6H,2,10H2,1H3,(H,11,12)/b6-5+. The number of hydrogen-bond acceptors (Lipinski definition) is 3. The summed E-state index contributed by atoms with van der Waals surface area (Å²) in [6.07, 6.45) is 4.21. The molecule has 1 amide bonds. The van der Waals surface area contributed by atoms with Gasteiger partial charge in [-0.25, -0.2) is 5.84 Å². The summed E-state index contributed by atoms with van der Waals surface area (Å²) in [4.78, 5) is 13.1. The summed E-state index contributed by atoms with van der Waals surface area (Å²) in [6.45, 7) is 2.10. The molecule has 0 aliphatic heterocycles. The van der Waals surface area contributed by atoms with Gasteiger partial charge in [-0.15, -0.1) is 11.3 Å². The number of rotatable bonds is 3. The molecule has 0 radical (unpaired) electrons. The molecule has 0 bridgehead atoms. The van der Waals surface area contributed by atoms with Crippen LogP contribution in [0.2, 0.25) is 0 Å². The Hall–Kier alpha value is -1.13. The monoisotopic (exact) mass is 196 g/mol. The van der Waals surface area contributed by atoms with E-state index in [1.807, 2.05) is 11.5 Å². The van der Waals surface area contributed by atoms with Crippen LogP contribution in [0.5, 0.6) is 0 Å². The van der Waals surface area contributed by atoms with E-state index in [0.717, 1.165) is 11.3 Å². The average Bonchev–Trinajstić information content (AvgIpc) is 2.61. The van der Waals surface area contributed by atoms with Crippen LogP contribution in [-0.4, -0.2) is 5.91 Å². The molecule has 3 N–H and O–H groups in total. The molecule has 0 spiro atoms. The largest absolute Gasteiger partial charge is 0.291 e. The molecule has 0 aromatic carbocycles. The lowest BCUT2D eigenvalue weighted by Crippen LogP contribution is -2.27. The molecule has 0 unspecified atom stereocenters. The lowest BCUT2D eigenvalue weighted by Gasteiger charge is -1.88. The summed E-state index contributed by atoms with van der Waals surface area (Å²) in [6, 6.07) is 4.05. The quantitative estimate of drug-likeness (QED) is 0.331. The zero-order valence-electron chi connectivity index (χ0n) is 7.41. The Morgan fingerprint density at radius 1 is 1.69 bits per heavy atom. The zero-order chi connectivity index (χ0) is 9.68. The first-order valence-corrected chi connectivity index (χ1v) is 4.85. The van der Waals surface area contributed by atoms with Crippen molar-refractivity contribution in [3.63, 3.8) is 0 Å². The predicted octanol–water partition coefficient (Wildman–Crippen LogP) is 1.31. The van der Waals surface area contributed by atoms with E-state index in [-0.39, 0.29) is 5.91 Å². The summed E-state index contributed by atoms with van der Waals surface area (Å²) < 4.78 is 0. The Morgan fingerprint density at radius 3 is 3.00 bits per heavy atom. The maximum atomic E-state index is 10.7. The second-order valence-corrected chi connectivity index (χ2v) is 3.70. The number of hydrogen-bond donors (Lipinski definition) is 2. The van der Waals surface area contributed by atoms with Gasteiger partial charge in [0.15, 0.2) is 0 Å². The minimum atomic E-state index is -0.286. The summed E-state index contributed by atoms with van der Waals surface area (Å²) >= 11 is 1.68. The van der Waals surface area contributed by atoms with Crippen molar-refractivity contribution in [3.8, 4) is 0 Å². The summed E-state index contributed by atoms with van der Waals surface area (Å²) in [7, 11) is 0. The van der Waals surface area contributed by atoms with E-state index >= 15 is 0 Å². The lowest BCUT2D eigenvalue weighted by molar-refractivity contribution is -0.116. The molecule has 1 rings (SSSR count). The van der Waals surface area contributed by atoms with E-state index in [2.05, 4.69) is 13.0 Å². The number of carbonyl (C=O) groups is 1. The number of nitrogens with one attached hydrogen (secondary N) is 1. The highest BCUT2D eigenvalue weighted by Gasteiger charge is 1.95. The van der Waals surface area contributed by atoms with Crippen molar-refractivity contribution in [2.75, 3.05) is 0 Å². The van der Waals surface area contributed by atoms with E-state index < -0.39 is 0 Å². The molecule has 13 heavy (non-hydrogen) atoms. The number of thiophene rings is 1. The summed E-state index contributed by atoms with van der Waals surface area (Å²) in [5.41, 5.74) is 2.03. The van der Waals surface area contributed by atoms with Gasteiger partial charge in [0.25, 0.3) is 5.91 Å². The van der Waals surface area contributed by atoms with Gasteiger partial charge in [-0.05, 0) is 24.6 Å². The smallest absolute Gasteiger partial charge is 0.257 e. The topological polar surface area (TPSA) is 55.1 Å². The van der Waals surface area contributed by atoms with Crippen molar-refractivity contribution in [2.45, 2.75) is 13.3 Å². The van der Waals surface area contributed by atoms with E-state index in [0.29, 0.717) is 0 Å². The van der Waals surface area contributed by atoms with Gasteiger partial charge in [0, 0.05) is 15.8 Å². The SMILES string of the molecule is CCc1ccc(/C=C/C(=O)NN)s1. The maximum Gasteiger partial charge on any atom is 0.257 e. The van der Waals surface area contributed by atoms with Gasteiger partial charge in [0.1, 0.15) is 0 Å². The van der Waals surface area contributed by atoms with Crippen LogP contribution in [0.1, 0.15) is 16.7 Å². The molecule has 1 aromatic heterocycles. The fourth-order valence-electron chi connectivity index (χ4n) is 0.880. The van der Waals surface area contributed by atoms with Gasteiger partial charge in [-0.1, -0.05) is 6.92 Å². The molecule has 0 atom stereocenters. The lowest BCUT2D eigenvalue weighted by atomic mass is 10.3. The summed E-state index contributed by atoms with van der Waals surface area (Å²) in [5.74, 6) is 4.63. The number of carbonyl (C=O) groups excluding carboxylic acids is 1. The molecule has 3 nitrogen and oxygen atoms in total. The first kappa shape index (κ1) is 9.95. The van der Waals surface area contributed by atoms with Crippen LogP contribution >= 0.6 is 11.3 Å². The minimum Gasteiger partial charge on any atom is -0.291 e. The molecular formula is C9H12N2OS. The Kier molecular flexibility index (Phi) is 3.67. The minimum absolute atomic E-state index is 0.286. The van der Waals surface area contributed by atoms with E-state index in [1.54, 1.807) is 17.4 Å². The van der Waals surface area contributed by atoms with E-state index in [1.165, 1.54) is 11.0 Å². The normalized spacial score (nSPS) is 10.6. The molecule has 0 saturated heterocycles. The fraction of sp³-hybridized carbons (Fsp3) is 0.222. The van der Waals surface area contributed by atoms with Crippen molar-refractivity contribution < 1.29 is 4.79 Å². The molecule has 0 aliphatic carbocycles. The Labute approximate surface area is 81.2 Å². The van der Waals surface area contributed by atoms with Crippen molar-refractivity contribution in [2.24, 2.45) is 5.84 Å². The fourth-order valence-corrected chi connectivity index (χ4v) is 1.74. The first-order valence-electron chi connectivity index (χ1n) is 4.03. The second-order valence-electron chi connectivity index (χ2n) is 2.50. The van der Waals surface area contributed by atoms with Crippen LogP contribution in [0.4, 0.5) is 0 Å². The number of aryl methyl sites for hydroxylation is 1. The Morgan fingerprint density at radius 2 is 2.46 bits per heavy atom. The van der Waals surface area contributed by atoms with Gasteiger partial charge in [-0.3, -0.25) is 10.2 Å². The zero-order valence-corrected chi connectivity index (χ0v) is 8.23. The third kappa shape index (κ3) is 3.01. The van der Waals surface area contributed by atoms with Crippen LogP contribution in [0.15, 0.2) is 18.2 Å². The van der Waals surface area contributed by atoms with Gasteiger partial charge in [-0.2, -0.15) is 0 Å². The van der Waals surface area contributed by atoms with Crippen molar-refractivity contribution in [1.29, 1.82) is 0 Å². The van der Waals surface area contributed by atoms with E-state index in [9.17, 15) is 4.79 Å². The molecule has 70 valence electrons. The number of hydrazine groups is 1. The molecule has 1 heterocycles.